The van der Waals surface area contributed by atoms with Gasteiger partial charge in [0.25, 0.3) is 11.7 Å². The fraction of sp³-hybridized carbons (Fsp3) is 0.0870. The number of carbonyl (C=O) groups excluding carboxylic acids is 2. The molecule has 1 unspecified atom stereocenters. The molecule has 1 aliphatic heterocycles. The predicted molar refractivity (Wildman–Crippen MR) is 110 cm³/mol. The summed E-state index contributed by atoms with van der Waals surface area (Å²) >= 11 is 6.02. The summed E-state index contributed by atoms with van der Waals surface area (Å²) in [6, 6.07) is 14.5. The van der Waals surface area contributed by atoms with Crippen molar-refractivity contribution in [2.24, 2.45) is 0 Å². The Balaban J connectivity index is 1.87. The largest absolute Gasteiger partial charge is 0.507 e. The van der Waals surface area contributed by atoms with Gasteiger partial charge in [0.05, 0.1) is 11.6 Å². The molecule has 2 heterocycles. The maximum Gasteiger partial charge on any atom is 0.295 e. The van der Waals surface area contributed by atoms with Crippen LogP contribution >= 0.6 is 11.6 Å². The SMILES string of the molecule is O=C1C(=O)N(Cc2ccncc2)C(c2ccc(F)cc2)/C1=C(/O)c1cccc(Cl)c1. The van der Waals surface area contributed by atoms with Crippen LogP contribution in [0, 0.1) is 5.82 Å². The number of hydrogen-bond donors (Lipinski definition) is 1. The molecule has 0 bridgehead atoms. The number of halogens is 2. The summed E-state index contributed by atoms with van der Waals surface area (Å²) in [5.41, 5.74) is 1.52. The molecule has 0 spiro atoms. The Morgan fingerprint density at radius 1 is 1.07 bits per heavy atom. The van der Waals surface area contributed by atoms with E-state index in [1.54, 1.807) is 42.7 Å². The summed E-state index contributed by atoms with van der Waals surface area (Å²) in [6.07, 6.45) is 3.18. The van der Waals surface area contributed by atoms with Gasteiger partial charge in [0, 0.05) is 29.5 Å². The molecule has 0 saturated carbocycles. The first kappa shape index (κ1) is 19.8. The van der Waals surface area contributed by atoms with Gasteiger partial charge in [-0.05, 0) is 47.5 Å². The predicted octanol–water partition coefficient (Wildman–Crippen LogP) is 4.50. The Labute approximate surface area is 177 Å². The Morgan fingerprint density at radius 3 is 2.43 bits per heavy atom. The molecule has 1 N–H and O–H groups in total. The van der Waals surface area contributed by atoms with Crippen molar-refractivity contribution in [1.82, 2.24) is 9.88 Å². The van der Waals surface area contributed by atoms with Crippen molar-refractivity contribution in [2.45, 2.75) is 12.6 Å². The number of ketones is 1. The topological polar surface area (TPSA) is 70.5 Å². The zero-order chi connectivity index (χ0) is 21.3. The minimum atomic E-state index is -0.877. The third-order valence-electron chi connectivity index (χ3n) is 4.93. The molecule has 1 amide bonds. The number of nitrogens with zero attached hydrogens (tertiary/aromatic N) is 2. The molecule has 150 valence electrons. The lowest BCUT2D eigenvalue weighted by molar-refractivity contribution is -0.140. The minimum absolute atomic E-state index is 0.0667. The zero-order valence-electron chi connectivity index (χ0n) is 15.6. The molecular weight excluding hydrogens is 407 g/mol. The van der Waals surface area contributed by atoms with Gasteiger partial charge in [-0.15, -0.1) is 0 Å². The fourth-order valence-electron chi connectivity index (χ4n) is 3.51. The molecule has 3 aromatic rings. The van der Waals surface area contributed by atoms with E-state index in [9.17, 15) is 19.1 Å². The van der Waals surface area contributed by atoms with E-state index in [1.165, 1.54) is 35.2 Å². The Hall–Kier alpha value is -3.51. The number of aromatic nitrogens is 1. The molecule has 1 fully saturated rings. The molecule has 1 aliphatic rings. The highest BCUT2D eigenvalue weighted by atomic mass is 35.5. The van der Waals surface area contributed by atoms with Crippen LogP contribution in [0.2, 0.25) is 5.02 Å². The van der Waals surface area contributed by atoms with Gasteiger partial charge in [-0.3, -0.25) is 14.6 Å². The van der Waals surface area contributed by atoms with Crippen LogP contribution in [0.15, 0.2) is 78.6 Å². The van der Waals surface area contributed by atoms with E-state index in [-0.39, 0.29) is 17.9 Å². The number of hydrogen-bond acceptors (Lipinski definition) is 4. The maximum absolute atomic E-state index is 13.5. The fourth-order valence-corrected chi connectivity index (χ4v) is 3.70. The van der Waals surface area contributed by atoms with Crippen molar-refractivity contribution in [3.63, 3.8) is 0 Å². The van der Waals surface area contributed by atoms with Gasteiger partial charge >= 0.3 is 0 Å². The molecule has 1 aromatic heterocycles. The van der Waals surface area contributed by atoms with E-state index in [2.05, 4.69) is 4.98 Å². The second-order valence-corrected chi connectivity index (χ2v) is 7.28. The highest BCUT2D eigenvalue weighted by Crippen LogP contribution is 2.40. The first-order valence-corrected chi connectivity index (χ1v) is 9.52. The third kappa shape index (κ3) is 3.69. The third-order valence-corrected chi connectivity index (χ3v) is 5.16. The Kier molecular flexibility index (Phi) is 5.33. The number of aliphatic hydroxyl groups excluding tert-OH is 1. The lowest BCUT2D eigenvalue weighted by Gasteiger charge is -2.25. The van der Waals surface area contributed by atoms with Crippen LogP contribution in [-0.4, -0.2) is 26.7 Å². The monoisotopic (exact) mass is 422 g/mol. The number of pyridine rings is 1. The van der Waals surface area contributed by atoms with Crippen molar-refractivity contribution in [3.05, 3.63) is 106 Å². The van der Waals surface area contributed by atoms with E-state index >= 15 is 0 Å². The summed E-state index contributed by atoms with van der Waals surface area (Å²) in [4.78, 5) is 31.1. The van der Waals surface area contributed by atoms with E-state index < -0.39 is 23.5 Å². The quantitative estimate of drug-likeness (QED) is 0.382. The molecule has 1 saturated heterocycles. The van der Waals surface area contributed by atoms with Gasteiger partial charge in [-0.2, -0.15) is 0 Å². The van der Waals surface area contributed by atoms with Crippen LogP contribution in [-0.2, 0) is 16.1 Å². The molecule has 2 aromatic carbocycles. The Bertz CT molecular complexity index is 1150. The molecule has 30 heavy (non-hydrogen) atoms. The summed E-state index contributed by atoms with van der Waals surface area (Å²) in [6.45, 7) is 0.126. The lowest BCUT2D eigenvalue weighted by Crippen LogP contribution is -2.29. The molecular formula is C23H16ClFN2O3. The average molecular weight is 423 g/mol. The highest BCUT2D eigenvalue weighted by molar-refractivity contribution is 6.46. The molecule has 7 heteroatoms. The summed E-state index contributed by atoms with van der Waals surface area (Å²) in [5.74, 6) is -2.33. The second kappa shape index (κ2) is 8.08. The van der Waals surface area contributed by atoms with Gasteiger partial charge in [0.15, 0.2) is 0 Å². The molecule has 0 aliphatic carbocycles. The average Bonchev–Trinajstić information content (AvgIpc) is 2.99. The van der Waals surface area contributed by atoms with E-state index in [0.29, 0.717) is 16.1 Å². The summed E-state index contributed by atoms with van der Waals surface area (Å²) in [7, 11) is 0. The highest BCUT2D eigenvalue weighted by Gasteiger charge is 2.46. The van der Waals surface area contributed by atoms with Gasteiger partial charge in [-0.25, -0.2) is 4.39 Å². The van der Waals surface area contributed by atoms with Crippen LogP contribution < -0.4 is 0 Å². The van der Waals surface area contributed by atoms with Crippen molar-refractivity contribution >= 4 is 29.1 Å². The summed E-state index contributed by atoms with van der Waals surface area (Å²) in [5, 5.41) is 11.3. The van der Waals surface area contributed by atoms with Crippen molar-refractivity contribution in [3.8, 4) is 0 Å². The summed E-state index contributed by atoms with van der Waals surface area (Å²) < 4.78 is 13.5. The second-order valence-electron chi connectivity index (χ2n) is 6.84. The molecule has 0 radical (unpaired) electrons. The van der Waals surface area contributed by atoms with Gasteiger partial charge < -0.3 is 10.0 Å². The van der Waals surface area contributed by atoms with Crippen LogP contribution in [0.3, 0.4) is 0 Å². The number of likely N-dealkylation sites (tertiary alicyclic amines) is 1. The zero-order valence-corrected chi connectivity index (χ0v) is 16.4. The number of carbonyl (C=O) groups is 2. The number of Topliss-reactive ketones (excluding diaryl/α,β-unsaturated/α-hetero) is 1. The van der Waals surface area contributed by atoms with Crippen LogP contribution in [0.5, 0.6) is 0 Å². The molecule has 1 atom stereocenters. The van der Waals surface area contributed by atoms with Gasteiger partial charge in [0.2, 0.25) is 0 Å². The van der Waals surface area contributed by atoms with Crippen LogP contribution in [0.4, 0.5) is 4.39 Å². The smallest absolute Gasteiger partial charge is 0.295 e. The Morgan fingerprint density at radius 2 is 1.77 bits per heavy atom. The first-order valence-electron chi connectivity index (χ1n) is 9.14. The van der Waals surface area contributed by atoms with E-state index in [0.717, 1.165) is 5.56 Å². The minimum Gasteiger partial charge on any atom is -0.507 e. The van der Waals surface area contributed by atoms with Crippen molar-refractivity contribution in [1.29, 1.82) is 0 Å². The van der Waals surface area contributed by atoms with Crippen LogP contribution in [0.25, 0.3) is 5.76 Å². The molecule has 5 nitrogen and oxygen atoms in total. The lowest BCUT2D eigenvalue weighted by atomic mass is 9.95. The van der Waals surface area contributed by atoms with Gasteiger partial charge in [0.1, 0.15) is 11.6 Å². The van der Waals surface area contributed by atoms with E-state index in [4.69, 9.17) is 11.6 Å². The molecule has 4 rings (SSSR count). The van der Waals surface area contributed by atoms with Crippen molar-refractivity contribution < 1.29 is 19.1 Å². The number of rotatable bonds is 4. The van der Waals surface area contributed by atoms with Crippen LogP contribution in [0.1, 0.15) is 22.7 Å². The van der Waals surface area contributed by atoms with Crippen molar-refractivity contribution in [2.75, 3.05) is 0 Å². The standard InChI is InChI=1S/C23H16ClFN2O3/c24-17-3-1-2-16(12-17)21(28)19-20(15-4-6-18(25)7-5-15)27(23(30)22(19)29)13-14-8-10-26-11-9-14/h1-12,20,28H,13H2/b21-19-. The first-order chi connectivity index (χ1) is 14.5. The normalized spacial score (nSPS) is 18.1. The van der Waals surface area contributed by atoms with E-state index in [1.807, 2.05) is 0 Å². The number of benzene rings is 2. The maximum atomic E-state index is 13.5. The number of aliphatic hydroxyl groups is 1. The van der Waals surface area contributed by atoms with Gasteiger partial charge in [-0.1, -0.05) is 35.9 Å². The number of amides is 1.